The number of aryl methyl sites for hydroxylation is 1. The molecule has 1 atom stereocenters. The average molecular weight is 328 g/mol. The van der Waals surface area contributed by atoms with Crippen molar-refractivity contribution >= 4 is 22.6 Å². The van der Waals surface area contributed by atoms with E-state index < -0.39 is 12.1 Å². The summed E-state index contributed by atoms with van der Waals surface area (Å²) in [6.07, 6.45) is 0.378. The van der Waals surface area contributed by atoms with Gasteiger partial charge in [0.05, 0.1) is 13.7 Å². The second kappa shape index (κ2) is 6.63. The molecule has 0 aliphatic heterocycles. The molecule has 124 valence electrons. The highest BCUT2D eigenvalue weighted by molar-refractivity contribution is 5.94. The highest BCUT2D eigenvalue weighted by Gasteiger charge is 2.16. The van der Waals surface area contributed by atoms with Crippen LogP contribution < -0.4 is 5.32 Å². The number of rotatable bonds is 5. The zero-order chi connectivity index (χ0) is 17.1. The van der Waals surface area contributed by atoms with Gasteiger partial charge in [-0.25, -0.2) is 9.78 Å². The lowest BCUT2D eigenvalue weighted by molar-refractivity contribution is -0.149. The first kappa shape index (κ1) is 15.9. The molecular weight excluding hydrogens is 312 g/mol. The summed E-state index contributed by atoms with van der Waals surface area (Å²) in [6.45, 7) is 1.71. The summed E-state index contributed by atoms with van der Waals surface area (Å²) >= 11 is 0. The molecule has 0 amide bonds. The number of hydrogen-bond donors (Lipinski definition) is 2. The first-order valence-corrected chi connectivity index (χ1v) is 7.27. The van der Waals surface area contributed by atoms with E-state index >= 15 is 0 Å². The van der Waals surface area contributed by atoms with E-state index in [1.165, 1.54) is 7.11 Å². The molecule has 2 aromatic heterocycles. The van der Waals surface area contributed by atoms with Crippen LogP contribution in [0.1, 0.15) is 5.89 Å². The minimum atomic E-state index is -1.27. The molecule has 24 heavy (non-hydrogen) atoms. The number of nitrogens with zero attached hydrogens (tertiary/aromatic N) is 3. The molecule has 0 saturated carbocycles. The van der Waals surface area contributed by atoms with Crippen LogP contribution in [0.25, 0.3) is 22.2 Å². The molecule has 0 saturated heterocycles. The molecule has 0 aliphatic rings. The van der Waals surface area contributed by atoms with Gasteiger partial charge in [0.25, 0.3) is 0 Å². The number of hydrogen-bond acceptors (Lipinski definition) is 8. The normalized spacial score (nSPS) is 12.1. The lowest BCUT2D eigenvalue weighted by Crippen LogP contribution is -2.29. The van der Waals surface area contributed by atoms with Crippen molar-refractivity contribution in [1.82, 2.24) is 15.1 Å². The average Bonchev–Trinajstić information content (AvgIpc) is 3.04. The molecule has 0 unspecified atom stereocenters. The zero-order valence-electron chi connectivity index (χ0n) is 13.2. The van der Waals surface area contributed by atoms with Crippen LogP contribution in [-0.4, -0.2) is 46.0 Å². The van der Waals surface area contributed by atoms with Gasteiger partial charge in [-0.1, -0.05) is 17.3 Å². The molecule has 0 fully saturated rings. The topological polar surface area (TPSA) is 110 Å². The third kappa shape index (κ3) is 3.18. The first-order valence-electron chi connectivity index (χ1n) is 7.27. The van der Waals surface area contributed by atoms with Gasteiger partial charge in [-0.2, -0.15) is 4.98 Å². The van der Waals surface area contributed by atoms with Gasteiger partial charge in [0, 0.05) is 24.1 Å². The summed E-state index contributed by atoms with van der Waals surface area (Å²) in [7, 11) is 1.22. The second-order valence-electron chi connectivity index (χ2n) is 5.15. The number of esters is 1. The van der Waals surface area contributed by atoms with Crippen molar-refractivity contribution in [3.63, 3.8) is 0 Å². The van der Waals surface area contributed by atoms with E-state index in [9.17, 15) is 9.90 Å². The third-order valence-corrected chi connectivity index (χ3v) is 3.49. The van der Waals surface area contributed by atoms with Crippen molar-refractivity contribution < 1.29 is 19.2 Å². The van der Waals surface area contributed by atoms with E-state index in [0.29, 0.717) is 17.5 Å². The Morgan fingerprint density at radius 1 is 1.42 bits per heavy atom. The van der Waals surface area contributed by atoms with Crippen molar-refractivity contribution in [2.75, 3.05) is 19.0 Å². The fourth-order valence-electron chi connectivity index (χ4n) is 2.28. The molecule has 8 nitrogen and oxygen atoms in total. The van der Waals surface area contributed by atoms with Gasteiger partial charge in [-0.15, -0.1) is 0 Å². The number of carbonyl (C=O) groups is 1. The maximum atomic E-state index is 11.3. The fraction of sp³-hybridized carbons (Fsp3) is 0.250. The molecule has 3 rings (SSSR count). The van der Waals surface area contributed by atoms with Crippen LogP contribution in [0, 0.1) is 6.92 Å². The van der Waals surface area contributed by atoms with Gasteiger partial charge in [0.2, 0.25) is 11.7 Å². The van der Waals surface area contributed by atoms with Gasteiger partial charge >= 0.3 is 5.97 Å². The van der Waals surface area contributed by atoms with Crippen molar-refractivity contribution in [2.24, 2.45) is 0 Å². The predicted octanol–water partition coefficient (Wildman–Crippen LogP) is 1.54. The van der Waals surface area contributed by atoms with E-state index in [1.54, 1.807) is 13.1 Å². The number of methoxy groups -OCH3 is 1. The molecule has 0 bridgehead atoms. The van der Waals surface area contributed by atoms with Crippen LogP contribution in [0.5, 0.6) is 0 Å². The van der Waals surface area contributed by atoms with E-state index in [1.807, 2.05) is 24.3 Å². The van der Waals surface area contributed by atoms with E-state index in [4.69, 9.17) is 4.52 Å². The van der Waals surface area contributed by atoms with Crippen molar-refractivity contribution in [2.45, 2.75) is 13.0 Å². The van der Waals surface area contributed by atoms with E-state index in [2.05, 4.69) is 25.2 Å². The van der Waals surface area contributed by atoms with Crippen LogP contribution in [0.3, 0.4) is 0 Å². The van der Waals surface area contributed by atoms with Gasteiger partial charge in [-0.05, 0) is 17.5 Å². The van der Waals surface area contributed by atoms with Crippen molar-refractivity contribution in [3.8, 4) is 11.4 Å². The van der Waals surface area contributed by atoms with Crippen LogP contribution in [0.15, 0.2) is 35.0 Å². The van der Waals surface area contributed by atoms with E-state index in [-0.39, 0.29) is 6.54 Å². The number of carbonyl (C=O) groups excluding carboxylic acids is 1. The monoisotopic (exact) mass is 328 g/mol. The van der Waals surface area contributed by atoms with Gasteiger partial charge in [0.1, 0.15) is 5.82 Å². The van der Waals surface area contributed by atoms with Gasteiger partial charge < -0.3 is 19.7 Å². The maximum Gasteiger partial charge on any atom is 0.336 e. The molecule has 2 N–H and O–H groups in total. The highest BCUT2D eigenvalue weighted by atomic mass is 16.5. The minimum absolute atomic E-state index is 0.00959. The summed E-state index contributed by atoms with van der Waals surface area (Å²) < 4.78 is 9.49. The fourth-order valence-corrected chi connectivity index (χ4v) is 2.28. The Hall–Kier alpha value is -3.00. The number of aliphatic hydroxyl groups excluding tert-OH is 1. The minimum Gasteiger partial charge on any atom is -0.467 e. The number of anilines is 1. The lowest BCUT2D eigenvalue weighted by Gasteiger charge is -2.12. The molecule has 3 aromatic rings. The number of fused-ring (bicyclic) bond motifs is 1. The third-order valence-electron chi connectivity index (χ3n) is 3.49. The number of ether oxygens (including phenoxy) is 1. The summed E-state index contributed by atoms with van der Waals surface area (Å²) in [5.74, 6) is 0.804. The standard InChI is InChI=1S/C16H16N4O4/c1-9-19-14(20-24-9)11-4-3-10-5-6-17-15(12(10)7-11)18-8-13(21)16(22)23-2/h3-7,13,21H,8H2,1-2H3,(H,17,18)/t13-/m1/s1. The van der Waals surface area contributed by atoms with Crippen LogP contribution in [-0.2, 0) is 9.53 Å². The quantitative estimate of drug-likeness (QED) is 0.679. The Morgan fingerprint density at radius 3 is 2.96 bits per heavy atom. The molecule has 1 aromatic carbocycles. The Labute approximate surface area is 137 Å². The molecule has 0 spiro atoms. The summed E-state index contributed by atoms with van der Waals surface area (Å²) in [5.41, 5.74) is 0.781. The Bertz CT molecular complexity index is 877. The Kier molecular flexibility index (Phi) is 4.39. The molecule has 0 aliphatic carbocycles. The Balaban J connectivity index is 1.91. The largest absolute Gasteiger partial charge is 0.467 e. The number of aliphatic hydroxyl groups is 1. The SMILES string of the molecule is COC(=O)[C@H](O)CNc1nccc2ccc(-c3noc(C)n3)cc12. The number of pyridine rings is 1. The van der Waals surface area contributed by atoms with Crippen LogP contribution in [0.2, 0.25) is 0 Å². The molecular formula is C16H16N4O4. The lowest BCUT2D eigenvalue weighted by atomic mass is 10.1. The smallest absolute Gasteiger partial charge is 0.336 e. The zero-order valence-corrected chi connectivity index (χ0v) is 13.2. The van der Waals surface area contributed by atoms with Crippen molar-refractivity contribution in [1.29, 1.82) is 0 Å². The van der Waals surface area contributed by atoms with Crippen molar-refractivity contribution in [3.05, 3.63) is 36.4 Å². The predicted molar refractivity (Wildman–Crippen MR) is 86.3 cm³/mol. The van der Waals surface area contributed by atoms with Gasteiger partial charge in [0.15, 0.2) is 6.10 Å². The van der Waals surface area contributed by atoms with Gasteiger partial charge in [-0.3, -0.25) is 0 Å². The molecule has 0 radical (unpaired) electrons. The van der Waals surface area contributed by atoms with Crippen LogP contribution >= 0.6 is 0 Å². The Morgan fingerprint density at radius 2 is 2.25 bits per heavy atom. The molecule has 2 heterocycles. The van der Waals surface area contributed by atoms with Crippen LogP contribution in [0.4, 0.5) is 5.82 Å². The first-order chi connectivity index (χ1) is 11.6. The second-order valence-corrected chi connectivity index (χ2v) is 5.15. The molecule has 8 heteroatoms. The van der Waals surface area contributed by atoms with E-state index in [0.717, 1.165) is 16.3 Å². The number of nitrogens with one attached hydrogen (secondary N) is 1. The summed E-state index contributed by atoms with van der Waals surface area (Å²) in [5, 5.41) is 18.3. The highest BCUT2D eigenvalue weighted by Crippen LogP contribution is 2.26. The summed E-state index contributed by atoms with van der Waals surface area (Å²) in [4.78, 5) is 19.8. The maximum absolute atomic E-state index is 11.3. The number of benzene rings is 1. The number of aromatic nitrogens is 3. The summed E-state index contributed by atoms with van der Waals surface area (Å²) in [6, 6.07) is 7.54.